The number of rotatable bonds is 6. The summed E-state index contributed by atoms with van der Waals surface area (Å²) in [6.45, 7) is 1.05. The number of nitrogens with zero attached hydrogens (tertiary/aromatic N) is 2. The molecule has 1 atom stereocenters. The highest BCUT2D eigenvalue weighted by Crippen LogP contribution is 2.40. The number of ketones is 1. The monoisotopic (exact) mass is 448 g/mol. The molecule has 6 nitrogen and oxygen atoms in total. The lowest BCUT2D eigenvalue weighted by Crippen LogP contribution is -2.32. The van der Waals surface area contributed by atoms with E-state index in [9.17, 15) is 19.8 Å². The first-order valence-electron chi connectivity index (χ1n) is 9.38. The van der Waals surface area contributed by atoms with Gasteiger partial charge in [-0.05, 0) is 63.0 Å². The minimum Gasteiger partial charge on any atom is -0.508 e. The van der Waals surface area contributed by atoms with E-state index in [-0.39, 0.29) is 27.7 Å². The van der Waals surface area contributed by atoms with Gasteiger partial charge in [-0.1, -0.05) is 35.3 Å². The summed E-state index contributed by atoms with van der Waals surface area (Å²) >= 11 is 12.0. The fourth-order valence-electron chi connectivity index (χ4n) is 3.51. The largest absolute Gasteiger partial charge is 0.508 e. The van der Waals surface area contributed by atoms with Gasteiger partial charge >= 0.3 is 0 Å². The minimum atomic E-state index is -0.825. The van der Waals surface area contributed by atoms with Crippen LogP contribution in [0.5, 0.6) is 5.75 Å². The van der Waals surface area contributed by atoms with Crippen LogP contribution >= 0.6 is 23.2 Å². The summed E-state index contributed by atoms with van der Waals surface area (Å²) in [5.41, 5.74) is 0.760. The number of aromatic hydroxyl groups is 1. The van der Waals surface area contributed by atoms with Crippen molar-refractivity contribution in [2.24, 2.45) is 0 Å². The summed E-state index contributed by atoms with van der Waals surface area (Å²) in [5.74, 6) is -1.81. The van der Waals surface area contributed by atoms with E-state index < -0.39 is 17.7 Å². The van der Waals surface area contributed by atoms with Crippen LogP contribution in [0, 0.1) is 0 Å². The Bertz CT molecular complexity index is 1020. The lowest BCUT2D eigenvalue weighted by molar-refractivity contribution is -0.139. The Morgan fingerprint density at radius 3 is 2.47 bits per heavy atom. The smallest absolute Gasteiger partial charge is 0.295 e. The first-order valence-corrected chi connectivity index (χ1v) is 10.1. The van der Waals surface area contributed by atoms with Crippen molar-refractivity contribution in [3.8, 4) is 5.75 Å². The van der Waals surface area contributed by atoms with Crippen LogP contribution in [0.4, 0.5) is 0 Å². The van der Waals surface area contributed by atoms with E-state index in [0.717, 1.165) is 6.54 Å². The normalized spacial score (nSPS) is 18.4. The molecule has 0 bridgehead atoms. The number of phenols is 1. The van der Waals surface area contributed by atoms with Crippen molar-refractivity contribution in [3.63, 3.8) is 0 Å². The number of hydrogen-bond acceptors (Lipinski definition) is 5. The molecule has 0 aliphatic carbocycles. The van der Waals surface area contributed by atoms with Crippen LogP contribution < -0.4 is 0 Å². The standard InChI is InChI=1S/C22H22Cl2N2O4/c1-25(2)9-4-10-26-19(13-5-3-6-15(27)11-13)18(21(29)22(26)30)20(28)14-7-8-16(23)17(24)12-14/h3,5-8,11-12,19,27-28H,4,9-10H2,1-2H3/b20-18-. The van der Waals surface area contributed by atoms with E-state index >= 15 is 0 Å². The Kier molecular flexibility index (Phi) is 6.71. The number of aliphatic hydroxyl groups is 1. The number of carbonyl (C=O) groups excluding carboxylic acids is 2. The van der Waals surface area contributed by atoms with Gasteiger partial charge in [0, 0.05) is 12.1 Å². The second-order valence-corrected chi connectivity index (χ2v) is 8.19. The summed E-state index contributed by atoms with van der Waals surface area (Å²) in [6.07, 6.45) is 0.641. The molecule has 30 heavy (non-hydrogen) atoms. The SMILES string of the molecule is CN(C)CCCN1C(=O)C(=O)/C(=C(\O)c2ccc(Cl)c(Cl)c2)C1c1cccc(O)c1. The number of benzene rings is 2. The van der Waals surface area contributed by atoms with Crippen molar-refractivity contribution in [2.45, 2.75) is 12.5 Å². The maximum Gasteiger partial charge on any atom is 0.295 e. The van der Waals surface area contributed by atoms with Crippen LogP contribution in [0.1, 0.15) is 23.6 Å². The second kappa shape index (κ2) is 9.08. The van der Waals surface area contributed by atoms with Crippen molar-refractivity contribution in [3.05, 3.63) is 69.2 Å². The number of aliphatic hydroxyl groups excluding tert-OH is 1. The highest BCUT2D eigenvalue weighted by molar-refractivity contribution is 6.46. The summed E-state index contributed by atoms with van der Waals surface area (Å²) < 4.78 is 0. The molecular formula is C22H22Cl2N2O4. The van der Waals surface area contributed by atoms with Gasteiger partial charge in [0.05, 0.1) is 21.7 Å². The maximum absolute atomic E-state index is 12.9. The number of phenolic OH excluding ortho intramolecular Hbond substituents is 1. The third-order valence-corrected chi connectivity index (χ3v) is 5.66. The molecule has 0 radical (unpaired) electrons. The Balaban J connectivity index is 2.12. The molecular weight excluding hydrogens is 427 g/mol. The Hall–Kier alpha value is -2.54. The summed E-state index contributed by atoms with van der Waals surface area (Å²) in [6, 6.07) is 9.98. The predicted octanol–water partition coefficient (Wildman–Crippen LogP) is 4.07. The molecule has 8 heteroatoms. The topological polar surface area (TPSA) is 81.1 Å². The van der Waals surface area contributed by atoms with Crippen molar-refractivity contribution in [1.29, 1.82) is 0 Å². The molecule has 0 spiro atoms. The van der Waals surface area contributed by atoms with E-state index in [1.165, 1.54) is 35.2 Å². The van der Waals surface area contributed by atoms with Crippen molar-refractivity contribution >= 4 is 40.7 Å². The summed E-state index contributed by atoms with van der Waals surface area (Å²) in [7, 11) is 3.84. The van der Waals surface area contributed by atoms with Gasteiger partial charge in [-0.25, -0.2) is 0 Å². The molecule has 1 fully saturated rings. The zero-order chi connectivity index (χ0) is 22.0. The molecule has 1 amide bonds. The van der Waals surface area contributed by atoms with Gasteiger partial charge in [-0.3, -0.25) is 9.59 Å². The van der Waals surface area contributed by atoms with Gasteiger partial charge in [0.15, 0.2) is 0 Å². The average molecular weight is 449 g/mol. The molecule has 1 unspecified atom stereocenters. The molecule has 158 valence electrons. The van der Waals surface area contributed by atoms with E-state index in [4.69, 9.17) is 23.2 Å². The molecule has 1 aliphatic rings. The molecule has 1 saturated heterocycles. The van der Waals surface area contributed by atoms with Crippen LogP contribution in [0.25, 0.3) is 5.76 Å². The average Bonchev–Trinajstić information content (AvgIpc) is 2.94. The molecule has 1 heterocycles. The molecule has 2 aromatic carbocycles. The molecule has 0 saturated carbocycles. The number of Topliss-reactive ketones (excluding diaryl/α,β-unsaturated/α-hetero) is 1. The first-order chi connectivity index (χ1) is 14.2. The molecule has 1 aliphatic heterocycles. The Morgan fingerprint density at radius 2 is 1.83 bits per heavy atom. The maximum atomic E-state index is 12.9. The number of hydrogen-bond donors (Lipinski definition) is 2. The van der Waals surface area contributed by atoms with Crippen molar-refractivity contribution in [1.82, 2.24) is 9.80 Å². The van der Waals surface area contributed by atoms with Crippen LogP contribution in [-0.4, -0.2) is 58.9 Å². The number of likely N-dealkylation sites (tertiary alicyclic amines) is 1. The van der Waals surface area contributed by atoms with E-state index in [1.807, 2.05) is 19.0 Å². The van der Waals surface area contributed by atoms with Gasteiger partial charge in [-0.15, -0.1) is 0 Å². The van der Waals surface area contributed by atoms with Gasteiger partial charge in [0.2, 0.25) is 0 Å². The minimum absolute atomic E-state index is 0.000849. The van der Waals surface area contributed by atoms with Crippen molar-refractivity contribution in [2.75, 3.05) is 27.2 Å². The Morgan fingerprint density at radius 1 is 1.10 bits per heavy atom. The second-order valence-electron chi connectivity index (χ2n) is 7.37. The zero-order valence-electron chi connectivity index (χ0n) is 16.6. The van der Waals surface area contributed by atoms with Gasteiger partial charge in [-0.2, -0.15) is 0 Å². The van der Waals surface area contributed by atoms with Crippen LogP contribution in [-0.2, 0) is 9.59 Å². The van der Waals surface area contributed by atoms with E-state index in [2.05, 4.69) is 0 Å². The first kappa shape index (κ1) is 22.2. The number of carbonyl (C=O) groups is 2. The molecule has 2 aromatic rings. The molecule has 2 N–H and O–H groups in total. The third kappa shape index (κ3) is 4.46. The highest BCUT2D eigenvalue weighted by Gasteiger charge is 2.45. The number of halogens is 2. The van der Waals surface area contributed by atoms with Crippen LogP contribution in [0.2, 0.25) is 10.0 Å². The summed E-state index contributed by atoms with van der Waals surface area (Å²) in [4.78, 5) is 29.1. The Labute approximate surface area is 184 Å². The highest BCUT2D eigenvalue weighted by atomic mass is 35.5. The van der Waals surface area contributed by atoms with Crippen LogP contribution in [0.15, 0.2) is 48.0 Å². The quantitative estimate of drug-likeness (QED) is 0.395. The fraction of sp³-hybridized carbons (Fsp3) is 0.273. The zero-order valence-corrected chi connectivity index (χ0v) is 18.1. The van der Waals surface area contributed by atoms with Gasteiger partial charge in [0.1, 0.15) is 11.5 Å². The third-order valence-electron chi connectivity index (χ3n) is 4.92. The summed E-state index contributed by atoms with van der Waals surface area (Å²) in [5, 5.41) is 21.4. The fourth-order valence-corrected chi connectivity index (χ4v) is 3.81. The molecule has 0 aromatic heterocycles. The van der Waals surface area contributed by atoms with Crippen LogP contribution in [0.3, 0.4) is 0 Å². The molecule has 3 rings (SSSR count). The lowest BCUT2D eigenvalue weighted by atomic mass is 9.95. The van der Waals surface area contributed by atoms with Crippen molar-refractivity contribution < 1.29 is 19.8 Å². The van der Waals surface area contributed by atoms with Gasteiger partial charge < -0.3 is 20.0 Å². The predicted molar refractivity (Wildman–Crippen MR) is 117 cm³/mol. The van der Waals surface area contributed by atoms with Gasteiger partial charge in [0.25, 0.3) is 11.7 Å². The van der Waals surface area contributed by atoms with E-state index in [1.54, 1.807) is 12.1 Å². The number of amides is 1. The lowest BCUT2D eigenvalue weighted by Gasteiger charge is -2.26. The van der Waals surface area contributed by atoms with E-state index in [0.29, 0.717) is 23.6 Å².